The first-order valence-electron chi connectivity index (χ1n) is 11.0. The molecule has 0 atom stereocenters. The van der Waals surface area contributed by atoms with Gasteiger partial charge in [0.2, 0.25) is 0 Å². The monoisotopic (exact) mass is 447 g/mol. The molecule has 0 amide bonds. The van der Waals surface area contributed by atoms with Crippen molar-refractivity contribution in [2.24, 2.45) is 0 Å². The number of hydrogen-bond donors (Lipinski definition) is 2. The van der Waals surface area contributed by atoms with Gasteiger partial charge in [0.15, 0.2) is 0 Å². The molecule has 4 rings (SSSR count). The summed E-state index contributed by atoms with van der Waals surface area (Å²) in [6, 6.07) is 21.3. The Bertz CT molecular complexity index is 1120. The number of rotatable bonds is 4. The summed E-state index contributed by atoms with van der Waals surface area (Å²) in [4.78, 5) is 28.3. The molecule has 7 heteroatoms. The molecule has 0 bridgehead atoms. The van der Waals surface area contributed by atoms with Gasteiger partial charge in [0, 0.05) is 31.6 Å². The van der Waals surface area contributed by atoms with Crippen LogP contribution < -0.4 is 4.90 Å². The largest absolute Gasteiger partial charge is 0.473 e. The Morgan fingerprint density at radius 2 is 1.55 bits per heavy atom. The maximum atomic E-state index is 9.10. The molecule has 0 radical (unpaired) electrons. The zero-order chi connectivity index (χ0) is 23.8. The number of carboxylic acid groups (broad SMARTS) is 2. The Kier molecular flexibility index (Phi) is 8.16. The smallest absolute Gasteiger partial charge is 0.414 e. The fraction of sp³-hybridized carbons (Fsp3) is 0.269. The van der Waals surface area contributed by atoms with Crippen molar-refractivity contribution in [2.75, 3.05) is 37.6 Å². The van der Waals surface area contributed by atoms with E-state index in [0.29, 0.717) is 0 Å². The van der Waals surface area contributed by atoms with Gasteiger partial charge in [-0.2, -0.15) is 0 Å². The highest BCUT2D eigenvalue weighted by Crippen LogP contribution is 2.29. The average Bonchev–Trinajstić information content (AvgIpc) is 2.84. The van der Waals surface area contributed by atoms with E-state index in [1.807, 2.05) is 0 Å². The second-order valence-electron chi connectivity index (χ2n) is 7.82. The van der Waals surface area contributed by atoms with Crippen LogP contribution in [0.3, 0.4) is 0 Å². The Morgan fingerprint density at radius 3 is 2.15 bits per heavy atom. The quantitative estimate of drug-likeness (QED) is 0.582. The van der Waals surface area contributed by atoms with Gasteiger partial charge in [-0.1, -0.05) is 61.5 Å². The van der Waals surface area contributed by atoms with Crippen molar-refractivity contribution in [3.8, 4) is 0 Å². The van der Waals surface area contributed by atoms with Crippen molar-refractivity contribution in [1.82, 2.24) is 9.88 Å². The molecule has 0 saturated carbocycles. The Morgan fingerprint density at radius 1 is 0.939 bits per heavy atom. The minimum Gasteiger partial charge on any atom is -0.473 e. The summed E-state index contributed by atoms with van der Waals surface area (Å²) in [5.41, 5.74) is 3.47. The van der Waals surface area contributed by atoms with E-state index in [0.717, 1.165) is 44.2 Å². The van der Waals surface area contributed by atoms with Crippen LogP contribution in [-0.4, -0.2) is 64.8 Å². The summed E-state index contributed by atoms with van der Waals surface area (Å²) in [5, 5.41) is 17.3. The van der Waals surface area contributed by atoms with E-state index in [1.54, 1.807) is 0 Å². The molecular formula is C26H29N3O4. The molecule has 1 saturated heterocycles. The number of hydrogen-bond acceptors (Lipinski definition) is 5. The SMILES string of the molecule is CCN1CCN(c2nc(/C(C)=C/c3ccccc3)cc3ccccc23)CC1.O=C(O)C(=O)O. The number of likely N-dealkylation sites (N-methyl/N-ethyl adjacent to an activating group) is 1. The normalized spacial score (nSPS) is 14.5. The van der Waals surface area contributed by atoms with Gasteiger partial charge in [-0.3, -0.25) is 0 Å². The van der Waals surface area contributed by atoms with Gasteiger partial charge >= 0.3 is 11.9 Å². The highest BCUT2D eigenvalue weighted by Gasteiger charge is 2.19. The number of carboxylic acids is 2. The van der Waals surface area contributed by atoms with Crippen LogP contribution in [0.25, 0.3) is 22.4 Å². The van der Waals surface area contributed by atoms with Crippen molar-refractivity contribution in [3.63, 3.8) is 0 Å². The number of aromatic nitrogens is 1. The Balaban J connectivity index is 0.000000454. The summed E-state index contributed by atoms with van der Waals surface area (Å²) in [5.74, 6) is -2.52. The van der Waals surface area contributed by atoms with Gasteiger partial charge < -0.3 is 20.0 Å². The third kappa shape index (κ3) is 6.40. The number of aliphatic carboxylic acids is 2. The molecule has 2 heterocycles. The molecule has 1 aromatic heterocycles. The van der Waals surface area contributed by atoms with E-state index < -0.39 is 11.9 Å². The second kappa shape index (κ2) is 11.2. The lowest BCUT2D eigenvalue weighted by Gasteiger charge is -2.35. The predicted molar refractivity (Wildman–Crippen MR) is 131 cm³/mol. The van der Waals surface area contributed by atoms with Gasteiger partial charge in [0.25, 0.3) is 0 Å². The fourth-order valence-electron chi connectivity index (χ4n) is 3.77. The van der Waals surface area contributed by atoms with Crippen LogP contribution in [0.5, 0.6) is 0 Å². The zero-order valence-corrected chi connectivity index (χ0v) is 18.9. The van der Waals surface area contributed by atoms with Crippen molar-refractivity contribution in [1.29, 1.82) is 0 Å². The molecule has 1 fully saturated rings. The fourth-order valence-corrected chi connectivity index (χ4v) is 3.77. The van der Waals surface area contributed by atoms with E-state index in [4.69, 9.17) is 24.8 Å². The van der Waals surface area contributed by atoms with Gasteiger partial charge in [-0.25, -0.2) is 14.6 Å². The molecule has 2 aromatic carbocycles. The molecule has 0 aliphatic carbocycles. The van der Waals surface area contributed by atoms with Crippen LogP contribution in [0.15, 0.2) is 60.7 Å². The maximum absolute atomic E-state index is 9.10. The number of anilines is 1. The van der Waals surface area contributed by atoms with E-state index in [1.165, 1.54) is 21.9 Å². The molecule has 1 aliphatic rings. The molecule has 0 unspecified atom stereocenters. The van der Waals surface area contributed by atoms with Crippen LogP contribution in [0.4, 0.5) is 5.82 Å². The first-order chi connectivity index (χ1) is 15.9. The van der Waals surface area contributed by atoms with Crippen LogP contribution in [0.2, 0.25) is 0 Å². The van der Waals surface area contributed by atoms with Crippen LogP contribution in [-0.2, 0) is 9.59 Å². The lowest BCUT2D eigenvalue weighted by Crippen LogP contribution is -2.46. The van der Waals surface area contributed by atoms with Gasteiger partial charge in [-0.15, -0.1) is 0 Å². The standard InChI is InChI=1S/C24H27N3.C2H2O4/c1-3-26-13-15-27(16-14-26)24-22-12-8-7-11-21(22)18-23(25-24)19(2)17-20-9-5-4-6-10-20;3-1(4)2(5)6/h4-12,17-18H,3,13-16H2,1-2H3;(H,3,4)(H,5,6)/b19-17+;. The number of piperazine rings is 1. The summed E-state index contributed by atoms with van der Waals surface area (Å²) >= 11 is 0. The molecular weight excluding hydrogens is 418 g/mol. The molecule has 172 valence electrons. The van der Waals surface area contributed by atoms with Gasteiger partial charge in [0.05, 0.1) is 5.69 Å². The van der Waals surface area contributed by atoms with E-state index in [2.05, 4.69) is 90.4 Å². The Hall–Kier alpha value is -3.71. The number of nitrogens with zero attached hydrogens (tertiary/aromatic N) is 3. The highest BCUT2D eigenvalue weighted by atomic mass is 16.4. The third-order valence-corrected chi connectivity index (χ3v) is 5.61. The van der Waals surface area contributed by atoms with Crippen molar-refractivity contribution < 1.29 is 19.8 Å². The van der Waals surface area contributed by atoms with Crippen LogP contribution in [0.1, 0.15) is 25.1 Å². The molecule has 0 spiro atoms. The van der Waals surface area contributed by atoms with Crippen molar-refractivity contribution in [3.05, 3.63) is 71.9 Å². The van der Waals surface area contributed by atoms with Crippen LogP contribution >= 0.6 is 0 Å². The number of benzene rings is 2. The molecule has 1 aliphatic heterocycles. The molecule has 7 nitrogen and oxygen atoms in total. The lowest BCUT2D eigenvalue weighted by molar-refractivity contribution is -0.159. The summed E-state index contributed by atoms with van der Waals surface area (Å²) in [6.07, 6.45) is 2.22. The summed E-state index contributed by atoms with van der Waals surface area (Å²) < 4.78 is 0. The van der Waals surface area contributed by atoms with Gasteiger partial charge in [0.1, 0.15) is 5.82 Å². The number of pyridine rings is 1. The average molecular weight is 448 g/mol. The first kappa shape index (κ1) is 23.9. The number of carbonyl (C=O) groups is 2. The highest BCUT2D eigenvalue weighted by molar-refractivity contribution is 6.27. The summed E-state index contributed by atoms with van der Waals surface area (Å²) in [6.45, 7) is 9.81. The molecule has 2 N–H and O–H groups in total. The van der Waals surface area contributed by atoms with E-state index in [9.17, 15) is 0 Å². The predicted octanol–water partition coefficient (Wildman–Crippen LogP) is 4.09. The van der Waals surface area contributed by atoms with E-state index in [-0.39, 0.29) is 0 Å². The minimum atomic E-state index is -1.82. The first-order valence-corrected chi connectivity index (χ1v) is 11.0. The summed E-state index contributed by atoms with van der Waals surface area (Å²) in [7, 11) is 0. The third-order valence-electron chi connectivity index (χ3n) is 5.61. The molecule has 3 aromatic rings. The van der Waals surface area contributed by atoms with E-state index >= 15 is 0 Å². The maximum Gasteiger partial charge on any atom is 0.414 e. The number of fused-ring (bicyclic) bond motifs is 1. The van der Waals surface area contributed by atoms with Gasteiger partial charge in [-0.05, 0) is 42.1 Å². The topological polar surface area (TPSA) is 94.0 Å². The number of allylic oxidation sites excluding steroid dienone is 1. The second-order valence-corrected chi connectivity index (χ2v) is 7.82. The zero-order valence-electron chi connectivity index (χ0n) is 18.9. The lowest BCUT2D eigenvalue weighted by atomic mass is 10.0. The molecule has 33 heavy (non-hydrogen) atoms. The van der Waals surface area contributed by atoms with Crippen LogP contribution in [0, 0.1) is 0 Å². The minimum absolute atomic E-state index is 1.04. The van der Waals surface area contributed by atoms with Crippen molar-refractivity contribution in [2.45, 2.75) is 13.8 Å². The Labute approximate surface area is 193 Å². The van der Waals surface area contributed by atoms with Crippen molar-refractivity contribution >= 4 is 40.2 Å².